The SMILES string of the molecule is NC(=O)C(=CN1CCN(CCO)CC1)c1ccccn1. The predicted molar refractivity (Wildman–Crippen MR) is 76.5 cm³/mol. The first kappa shape index (κ1) is 14.5. The van der Waals surface area contributed by atoms with Crippen LogP contribution >= 0.6 is 0 Å². The van der Waals surface area contributed by atoms with E-state index >= 15 is 0 Å². The zero-order valence-electron chi connectivity index (χ0n) is 11.4. The Labute approximate surface area is 118 Å². The highest BCUT2D eigenvalue weighted by Crippen LogP contribution is 2.13. The van der Waals surface area contributed by atoms with E-state index in [1.165, 1.54) is 0 Å². The zero-order chi connectivity index (χ0) is 14.4. The van der Waals surface area contributed by atoms with E-state index in [2.05, 4.69) is 14.8 Å². The van der Waals surface area contributed by atoms with Gasteiger partial charge in [-0.2, -0.15) is 0 Å². The molecule has 0 spiro atoms. The minimum Gasteiger partial charge on any atom is -0.395 e. The molecule has 20 heavy (non-hydrogen) atoms. The Balaban J connectivity index is 2.06. The highest BCUT2D eigenvalue weighted by atomic mass is 16.3. The third-order valence-corrected chi connectivity index (χ3v) is 3.34. The number of aromatic nitrogens is 1. The molecule has 1 amide bonds. The number of primary amides is 1. The molecular formula is C14H20N4O2. The van der Waals surface area contributed by atoms with Crippen molar-refractivity contribution < 1.29 is 9.90 Å². The van der Waals surface area contributed by atoms with Gasteiger partial charge in [-0.05, 0) is 12.1 Å². The number of piperazine rings is 1. The van der Waals surface area contributed by atoms with Crippen LogP contribution in [0.25, 0.3) is 5.57 Å². The maximum Gasteiger partial charge on any atom is 0.252 e. The number of β-amino-alcohol motifs (C(OH)–C–C–N with tert-alkyl or cyclic N) is 1. The van der Waals surface area contributed by atoms with Crippen LogP contribution in [0.5, 0.6) is 0 Å². The molecule has 0 unspecified atom stereocenters. The molecular weight excluding hydrogens is 256 g/mol. The van der Waals surface area contributed by atoms with Crippen molar-refractivity contribution in [3.05, 3.63) is 36.3 Å². The number of pyridine rings is 1. The lowest BCUT2D eigenvalue weighted by Gasteiger charge is -2.34. The number of hydrogen-bond acceptors (Lipinski definition) is 5. The Morgan fingerprint density at radius 2 is 2.10 bits per heavy atom. The summed E-state index contributed by atoms with van der Waals surface area (Å²) in [4.78, 5) is 20.0. The maximum absolute atomic E-state index is 11.6. The molecule has 0 atom stereocenters. The zero-order valence-corrected chi connectivity index (χ0v) is 11.4. The highest BCUT2D eigenvalue weighted by Gasteiger charge is 2.17. The van der Waals surface area contributed by atoms with Crippen LogP contribution in [0.3, 0.4) is 0 Å². The Morgan fingerprint density at radius 1 is 1.35 bits per heavy atom. The smallest absolute Gasteiger partial charge is 0.252 e. The average molecular weight is 276 g/mol. The number of hydrogen-bond donors (Lipinski definition) is 2. The first-order chi connectivity index (χ1) is 9.70. The van der Waals surface area contributed by atoms with Crippen LogP contribution in [0, 0.1) is 0 Å². The van der Waals surface area contributed by atoms with Crippen LogP contribution in [-0.4, -0.2) is 65.1 Å². The largest absolute Gasteiger partial charge is 0.395 e. The molecule has 3 N–H and O–H groups in total. The lowest BCUT2D eigenvalue weighted by atomic mass is 10.1. The molecule has 1 aromatic rings. The lowest BCUT2D eigenvalue weighted by molar-refractivity contribution is -0.112. The maximum atomic E-state index is 11.6. The summed E-state index contributed by atoms with van der Waals surface area (Å²) >= 11 is 0. The van der Waals surface area contributed by atoms with Gasteiger partial charge in [0.25, 0.3) is 5.91 Å². The second-order valence-corrected chi connectivity index (χ2v) is 4.72. The molecule has 6 heteroatoms. The van der Waals surface area contributed by atoms with Crippen molar-refractivity contribution in [1.82, 2.24) is 14.8 Å². The minimum atomic E-state index is -0.471. The average Bonchev–Trinajstić information content (AvgIpc) is 2.47. The first-order valence-electron chi connectivity index (χ1n) is 6.71. The molecule has 1 aliphatic heterocycles. The van der Waals surface area contributed by atoms with Crippen molar-refractivity contribution in [2.45, 2.75) is 0 Å². The van der Waals surface area contributed by atoms with Gasteiger partial charge in [-0.1, -0.05) is 6.07 Å². The Kier molecular flexibility index (Phi) is 5.09. The number of carbonyl (C=O) groups excluding carboxylic acids is 1. The molecule has 2 heterocycles. The van der Waals surface area contributed by atoms with Crippen molar-refractivity contribution in [2.75, 3.05) is 39.3 Å². The summed E-state index contributed by atoms with van der Waals surface area (Å²) in [5.74, 6) is -0.471. The molecule has 0 saturated carbocycles. The van der Waals surface area contributed by atoms with E-state index in [1.807, 2.05) is 6.07 Å². The van der Waals surface area contributed by atoms with Crippen LogP contribution in [-0.2, 0) is 4.79 Å². The van der Waals surface area contributed by atoms with Crippen molar-refractivity contribution in [3.63, 3.8) is 0 Å². The van der Waals surface area contributed by atoms with Crippen LogP contribution < -0.4 is 5.73 Å². The van der Waals surface area contributed by atoms with Gasteiger partial charge in [0.2, 0.25) is 0 Å². The molecule has 1 saturated heterocycles. The number of carbonyl (C=O) groups is 1. The van der Waals surface area contributed by atoms with Crippen LogP contribution in [0.4, 0.5) is 0 Å². The molecule has 1 fully saturated rings. The standard InChI is InChI=1S/C14H20N4O2/c15-14(20)12(13-3-1-2-4-16-13)11-18-7-5-17(6-8-18)9-10-19/h1-4,11,19H,5-10H2,(H2,15,20). The van der Waals surface area contributed by atoms with Gasteiger partial charge in [-0.3, -0.25) is 14.7 Å². The molecule has 1 aromatic heterocycles. The molecule has 108 valence electrons. The molecule has 1 aliphatic rings. The van der Waals surface area contributed by atoms with E-state index in [1.54, 1.807) is 24.5 Å². The lowest BCUT2D eigenvalue weighted by Crippen LogP contribution is -2.45. The summed E-state index contributed by atoms with van der Waals surface area (Å²) in [6.07, 6.45) is 3.44. The number of nitrogens with two attached hydrogens (primary N) is 1. The fourth-order valence-corrected chi connectivity index (χ4v) is 2.22. The van der Waals surface area contributed by atoms with E-state index in [9.17, 15) is 4.79 Å². The highest BCUT2D eigenvalue weighted by molar-refractivity contribution is 6.17. The summed E-state index contributed by atoms with van der Waals surface area (Å²) < 4.78 is 0. The van der Waals surface area contributed by atoms with E-state index in [0.29, 0.717) is 17.8 Å². The second kappa shape index (κ2) is 7.02. The summed E-state index contributed by atoms with van der Waals surface area (Å²) in [5, 5.41) is 8.91. The van der Waals surface area contributed by atoms with Gasteiger partial charge in [0.15, 0.2) is 0 Å². The van der Waals surface area contributed by atoms with Crippen molar-refractivity contribution in [2.24, 2.45) is 5.73 Å². The van der Waals surface area contributed by atoms with Crippen LogP contribution in [0.15, 0.2) is 30.6 Å². The van der Waals surface area contributed by atoms with Crippen molar-refractivity contribution in [3.8, 4) is 0 Å². The molecule has 0 radical (unpaired) electrons. The van der Waals surface area contributed by atoms with Crippen molar-refractivity contribution >= 4 is 11.5 Å². The number of nitrogens with zero attached hydrogens (tertiary/aromatic N) is 3. The fraction of sp³-hybridized carbons (Fsp3) is 0.429. The van der Waals surface area contributed by atoms with Gasteiger partial charge in [0.1, 0.15) is 0 Å². The normalized spacial score (nSPS) is 17.2. The molecule has 0 aromatic carbocycles. The minimum absolute atomic E-state index is 0.177. The van der Waals surface area contributed by atoms with E-state index in [-0.39, 0.29) is 6.61 Å². The summed E-state index contributed by atoms with van der Waals surface area (Å²) in [6, 6.07) is 5.41. The molecule has 6 nitrogen and oxygen atoms in total. The predicted octanol–water partition coefficient (Wildman–Crippen LogP) is -0.482. The Hall–Kier alpha value is -1.92. The molecule has 0 bridgehead atoms. The van der Waals surface area contributed by atoms with E-state index in [4.69, 9.17) is 10.8 Å². The number of rotatable bonds is 5. The summed E-state index contributed by atoms with van der Waals surface area (Å²) in [7, 11) is 0. The van der Waals surface area contributed by atoms with E-state index < -0.39 is 5.91 Å². The van der Waals surface area contributed by atoms with Gasteiger partial charge >= 0.3 is 0 Å². The summed E-state index contributed by atoms with van der Waals surface area (Å²) in [6.45, 7) is 4.22. The second-order valence-electron chi connectivity index (χ2n) is 4.72. The first-order valence-corrected chi connectivity index (χ1v) is 6.71. The molecule has 0 aliphatic carbocycles. The third kappa shape index (κ3) is 3.79. The van der Waals surface area contributed by atoms with E-state index in [0.717, 1.165) is 26.2 Å². The number of amides is 1. The topological polar surface area (TPSA) is 82.7 Å². The third-order valence-electron chi connectivity index (χ3n) is 3.34. The Bertz CT molecular complexity index is 467. The number of aliphatic hydroxyl groups excluding tert-OH is 1. The van der Waals surface area contributed by atoms with Gasteiger partial charge in [0.05, 0.1) is 17.9 Å². The van der Waals surface area contributed by atoms with Crippen LogP contribution in [0.1, 0.15) is 5.69 Å². The fourth-order valence-electron chi connectivity index (χ4n) is 2.22. The summed E-state index contributed by atoms with van der Waals surface area (Å²) in [5.41, 5.74) is 6.47. The van der Waals surface area contributed by atoms with Gasteiger partial charge < -0.3 is 15.7 Å². The van der Waals surface area contributed by atoms with Crippen LogP contribution in [0.2, 0.25) is 0 Å². The van der Waals surface area contributed by atoms with Gasteiger partial charge in [-0.25, -0.2) is 0 Å². The number of aliphatic hydroxyl groups is 1. The van der Waals surface area contributed by atoms with Gasteiger partial charge in [-0.15, -0.1) is 0 Å². The van der Waals surface area contributed by atoms with Gasteiger partial charge in [0, 0.05) is 45.1 Å². The molecule has 2 rings (SSSR count). The monoisotopic (exact) mass is 276 g/mol. The Morgan fingerprint density at radius 3 is 2.65 bits per heavy atom. The quantitative estimate of drug-likeness (QED) is 0.710. The van der Waals surface area contributed by atoms with Crippen molar-refractivity contribution in [1.29, 1.82) is 0 Å².